The molecule has 0 aromatic heterocycles. The average Bonchev–Trinajstić information content (AvgIpc) is 2.54. The standard InChI is InChI=1S/C14H22ClN3/c1-17-9-4-10-18(11-12(17)7-8-16)14-6-3-2-5-13(14)15/h2-3,5-6,12H,4,7-11,16H2,1H3. The van der Waals surface area contributed by atoms with Gasteiger partial charge in [0.05, 0.1) is 10.7 Å². The first-order valence-corrected chi connectivity index (χ1v) is 7.00. The van der Waals surface area contributed by atoms with Gasteiger partial charge in [0, 0.05) is 19.1 Å². The first-order chi connectivity index (χ1) is 8.72. The Labute approximate surface area is 115 Å². The van der Waals surface area contributed by atoms with Crippen molar-refractivity contribution in [1.29, 1.82) is 0 Å². The molecule has 0 amide bonds. The van der Waals surface area contributed by atoms with Gasteiger partial charge < -0.3 is 15.5 Å². The highest BCUT2D eigenvalue weighted by Crippen LogP contribution is 2.27. The van der Waals surface area contributed by atoms with E-state index in [1.807, 2.05) is 18.2 Å². The Morgan fingerprint density at radius 3 is 2.83 bits per heavy atom. The summed E-state index contributed by atoms with van der Waals surface area (Å²) in [4.78, 5) is 4.82. The molecule has 100 valence electrons. The Kier molecular flexibility index (Phi) is 4.87. The van der Waals surface area contributed by atoms with Crippen LogP contribution >= 0.6 is 11.6 Å². The highest BCUT2D eigenvalue weighted by Gasteiger charge is 2.22. The van der Waals surface area contributed by atoms with Crippen molar-refractivity contribution in [2.75, 3.05) is 38.1 Å². The third-order valence-electron chi connectivity index (χ3n) is 3.69. The minimum atomic E-state index is 0.522. The van der Waals surface area contributed by atoms with Crippen molar-refractivity contribution in [1.82, 2.24) is 4.90 Å². The normalized spacial score (nSPS) is 21.9. The molecule has 1 fully saturated rings. The first kappa shape index (κ1) is 13.7. The molecule has 3 nitrogen and oxygen atoms in total. The molecule has 0 bridgehead atoms. The molecule has 1 atom stereocenters. The number of nitrogens with zero attached hydrogens (tertiary/aromatic N) is 2. The summed E-state index contributed by atoms with van der Waals surface area (Å²) in [5, 5.41) is 0.841. The van der Waals surface area contributed by atoms with Crippen LogP contribution in [0.15, 0.2) is 24.3 Å². The number of rotatable bonds is 3. The Morgan fingerprint density at radius 2 is 2.11 bits per heavy atom. The summed E-state index contributed by atoms with van der Waals surface area (Å²) in [7, 11) is 2.19. The van der Waals surface area contributed by atoms with Gasteiger partial charge in [-0.1, -0.05) is 23.7 Å². The molecule has 4 heteroatoms. The molecule has 1 aromatic rings. The smallest absolute Gasteiger partial charge is 0.0639 e. The van der Waals surface area contributed by atoms with Gasteiger partial charge in [-0.2, -0.15) is 0 Å². The number of hydrogen-bond acceptors (Lipinski definition) is 3. The Bertz CT molecular complexity index is 383. The summed E-state index contributed by atoms with van der Waals surface area (Å²) in [5.74, 6) is 0. The second kappa shape index (κ2) is 6.41. The van der Waals surface area contributed by atoms with Crippen LogP contribution in [0.4, 0.5) is 5.69 Å². The summed E-state index contributed by atoms with van der Waals surface area (Å²) < 4.78 is 0. The van der Waals surface area contributed by atoms with Gasteiger partial charge in [0.1, 0.15) is 0 Å². The highest BCUT2D eigenvalue weighted by atomic mass is 35.5. The highest BCUT2D eigenvalue weighted by molar-refractivity contribution is 6.33. The minimum Gasteiger partial charge on any atom is -0.369 e. The van der Waals surface area contributed by atoms with E-state index in [4.69, 9.17) is 17.3 Å². The molecule has 1 aliphatic heterocycles. The minimum absolute atomic E-state index is 0.522. The fraction of sp³-hybridized carbons (Fsp3) is 0.571. The van der Waals surface area contributed by atoms with Crippen LogP contribution in [0.3, 0.4) is 0 Å². The van der Waals surface area contributed by atoms with E-state index < -0.39 is 0 Å². The van der Waals surface area contributed by atoms with Gasteiger partial charge in [-0.15, -0.1) is 0 Å². The van der Waals surface area contributed by atoms with Gasteiger partial charge in [-0.05, 0) is 45.1 Å². The maximum atomic E-state index is 6.29. The van der Waals surface area contributed by atoms with E-state index >= 15 is 0 Å². The van der Waals surface area contributed by atoms with Gasteiger partial charge in [-0.3, -0.25) is 0 Å². The molecule has 1 unspecified atom stereocenters. The molecular weight excluding hydrogens is 246 g/mol. The molecule has 18 heavy (non-hydrogen) atoms. The molecule has 0 radical (unpaired) electrons. The first-order valence-electron chi connectivity index (χ1n) is 6.62. The molecule has 1 saturated heterocycles. The Morgan fingerprint density at radius 1 is 1.33 bits per heavy atom. The van der Waals surface area contributed by atoms with Gasteiger partial charge in [0.15, 0.2) is 0 Å². The lowest BCUT2D eigenvalue weighted by molar-refractivity contribution is 0.251. The zero-order chi connectivity index (χ0) is 13.0. The van der Waals surface area contributed by atoms with Gasteiger partial charge >= 0.3 is 0 Å². The molecule has 2 N–H and O–H groups in total. The second-order valence-electron chi connectivity index (χ2n) is 4.96. The van der Waals surface area contributed by atoms with Crippen LogP contribution in [-0.4, -0.2) is 44.2 Å². The summed E-state index contributed by atoms with van der Waals surface area (Å²) in [6, 6.07) is 8.62. The molecule has 2 rings (SSSR count). The summed E-state index contributed by atoms with van der Waals surface area (Å²) in [6.45, 7) is 3.95. The van der Waals surface area contributed by atoms with E-state index in [1.165, 1.54) is 6.42 Å². The number of nitrogens with two attached hydrogens (primary N) is 1. The van der Waals surface area contributed by atoms with Crippen molar-refractivity contribution in [2.24, 2.45) is 5.73 Å². The largest absolute Gasteiger partial charge is 0.369 e. The number of halogens is 1. The van der Waals surface area contributed by atoms with E-state index in [1.54, 1.807) is 0 Å². The average molecular weight is 268 g/mol. The predicted molar refractivity (Wildman–Crippen MR) is 78.4 cm³/mol. The van der Waals surface area contributed by atoms with Crippen molar-refractivity contribution in [3.8, 4) is 0 Å². The molecule has 1 aliphatic rings. The van der Waals surface area contributed by atoms with Crippen molar-refractivity contribution in [2.45, 2.75) is 18.9 Å². The maximum absolute atomic E-state index is 6.29. The van der Waals surface area contributed by atoms with Crippen LogP contribution in [0, 0.1) is 0 Å². The van der Waals surface area contributed by atoms with Crippen molar-refractivity contribution >= 4 is 17.3 Å². The van der Waals surface area contributed by atoms with Crippen LogP contribution in [0.1, 0.15) is 12.8 Å². The van der Waals surface area contributed by atoms with E-state index in [0.29, 0.717) is 6.04 Å². The molecule has 0 aliphatic carbocycles. The monoisotopic (exact) mass is 267 g/mol. The number of hydrogen-bond donors (Lipinski definition) is 1. The van der Waals surface area contributed by atoms with Crippen LogP contribution < -0.4 is 10.6 Å². The van der Waals surface area contributed by atoms with Crippen LogP contribution in [-0.2, 0) is 0 Å². The Balaban J connectivity index is 2.15. The number of anilines is 1. The van der Waals surface area contributed by atoms with Gasteiger partial charge in [0.25, 0.3) is 0 Å². The summed E-state index contributed by atoms with van der Waals surface area (Å²) in [5.41, 5.74) is 6.86. The second-order valence-corrected chi connectivity index (χ2v) is 5.37. The van der Waals surface area contributed by atoms with Gasteiger partial charge in [0.2, 0.25) is 0 Å². The zero-order valence-corrected chi connectivity index (χ0v) is 11.7. The molecular formula is C14H22ClN3. The van der Waals surface area contributed by atoms with E-state index in [-0.39, 0.29) is 0 Å². The maximum Gasteiger partial charge on any atom is 0.0639 e. The molecule has 0 saturated carbocycles. The van der Waals surface area contributed by atoms with Gasteiger partial charge in [-0.25, -0.2) is 0 Å². The van der Waals surface area contributed by atoms with E-state index in [9.17, 15) is 0 Å². The van der Waals surface area contributed by atoms with E-state index in [0.717, 1.165) is 43.3 Å². The predicted octanol–water partition coefficient (Wildman–Crippen LogP) is 2.20. The molecule has 1 heterocycles. The zero-order valence-electron chi connectivity index (χ0n) is 11.0. The van der Waals surface area contributed by atoms with E-state index in [2.05, 4.69) is 22.9 Å². The van der Waals surface area contributed by atoms with Crippen molar-refractivity contribution in [3.05, 3.63) is 29.3 Å². The van der Waals surface area contributed by atoms with Crippen LogP contribution in [0.25, 0.3) is 0 Å². The summed E-state index contributed by atoms with van der Waals surface area (Å²) in [6.07, 6.45) is 2.21. The SMILES string of the molecule is CN1CCCN(c2ccccc2Cl)CC1CCN. The van der Waals surface area contributed by atoms with Crippen molar-refractivity contribution in [3.63, 3.8) is 0 Å². The fourth-order valence-corrected chi connectivity index (χ4v) is 2.86. The third-order valence-corrected chi connectivity index (χ3v) is 4.01. The number of likely N-dealkylation sites (N-methyl/N-ethyl adjacent to an activating group) is 1. The lowest BCUT2D eigenvalue weighted by Crippen LogP contribution is -2.40. The quantitative estimate of drug-likeness (QED) is 0.911. The lowest BCUT2D eigenvalue weighted by Gasteiger charge is -2.30. The molecule has 1 aromatic carbocycles. The number of para-hydroxylation sites is 1. The van der Waals surface area contributed by atoms with Crippen LogP contribution in [0.2, 0.25) is 5.02 Å². The lowest BCUT2D eigenvalue weighted by atomic mass is 10.1. The third kappa shape index (κ3) is 3.16. The van der Waals surface area contributed by atoms with Crippen LogP contribution in [0.5, 0.6) is 0 Å². The topological polar surface area (TPSA) is 32.5 Å². The molecule has 0 spiro atoms. The Hall–Kier alpha value is -0.770. The summed E-state index contributed by atoms with van der Waals surface area (Å²) >= 11 is 6.29. The number of benzene rings is 1. The van der Waals surface area contributed by atoms with Crippen molar-refractivity contribution < 1.29 is 0 Å². The fourth-order valence-electron chi connectivity index (χ4n) is 2.61.